The molecule has 0 spiro atoms. The molecule has 2 aromatic heterocycles. The molecule has 3 heterocycles. The molecule has 0 N–H and O–H groups in total. The molecule has 0 unspecified atom stereocenters. The molecule has 10 heteroatoms. The lowest BCUT2D eigenvalue weighted by atomic mass is 10.0. The Bertz CT molecular complexity index is 970. The number of pyridine rings is 1. The van der Waals surface area contributed by atoms with Crippen molar-refractivity contribution in [2.24, 2.45) is 5.92 Å². The van der Waals surface area contributed by atoms with Crippen molar-refractivity contribution in [2.75, 3.05) is 19.7 Å². The van der Waals surface area contributed by atoms with Gasteiger partial charge in [-0.05, 0) is 37.8 Å². The summed E-state index contributed by atoms with van der Waals surface area (Å²) in [5.41, 5.74) is -0.317. The topological polar surface area (TPSA) is 103 Å². The number of carbonyl (C=O) groups is 1. The fourth-order valence-electron chi connectivity index (χ4n) is 2.96. The van der Waals surface area contributed by atoms with Crippen molar-refractivity contribution in [1.29, 1.82) is 0 Å². The molecule has 0 aliphatic carbocycles. The zero-order chi connectivity index (χ0) is 18.9. The van der Waals surface area contributed by atoms with Crippen LogP contribution in [0.4, 0.5) is 0 Å². The van der Waals surface area contributed by atoms with Crippen LogP contribution in [0.3, 0.4) is 0 Å². The van der Waals surface area contributed by atoms with Gasteiger partial charge in [0.1, 0.15) is 6.54 Å². The lowest BCUT2D eigenvalue weighted by molar-refractivity contribution is -0.144. The van der Waals surface area contributed by atoms with E-state index in [9.17, 15) is 18.0 Å². The molecule has 1 saturated heterocycles. The van der Waals surface area contributed by atoms with Gasteiger partial charge in [0.25, 0.3) is 0 Å². The number of hydrogen-bond acceptors (Lipinski definition) is 6. The van der Waals surface area contributed by atoms with Gasteiger partial charge in [0.05, 0.1) is 11.5 Å². The first-order chi connectivity index (χ1) is 12.3. The number of piperidine rings is 1. The van der Waals surface area contributed by atoms with Crippen molar-refractivity contribution in [3.8, 4) is 0 Å². The first-order valence-electron chi connectivity index (χ1n) is 8.58. The predicted octanol–water partition coefficient (Wildman–Crippen LogP) is 0.480. The van der Waals surface area contributed by atoms with Gasteiger partial charge in [0.15, 0.2) is 5.65 Å². The molecule has 26 heavy (non-hydrogen) atoms. The van der Waals surface area contributed by atoms with Crippen LogP contribution < -0.4 is 5.69 Å². The van der Waals surface area contributed by atoms with E-state index < -0.39 is 21.7 Å². The molecule has 0 radical (unpaired) electrons. The Morgan fingerprint density at radius 1 is 1.31 bits per heavy atom. The second-order valence-corrected chi connectivity index (χ2v) is 8.36. The largest absolute Gasteiger partial charge is 0.465 e. The Morgan fingerprint density at radius 3 is 2.65 bits per heavy atom. The van der Waals surface area contributed by atoms with Crippen molar-refractivity contribution in [3.05, 3.63) is 28.8 Å². The van der Waals surface area contributed by atoms with E-state index in [4.69, 9.17) is 4.74 Å². The zero-order valence-corrected chi connectivity index (χ0v) is 15.6. The SMILES string of the molecule is CCOC(=O)Cn1nc2ccc(S(=O)(=O)N3CCC(C)CC3)cn2c1=O. The molecule has 3 rings (SSSR count). The van der Waals surface area contributed by atoms with Crippen molar-refractivity contribution >= 4 is 21.6 Å². The van der Waals surface area contributed by atoms with E-state index in [1.54, 1.807) is 6.92 Å². The summed E-state index contributed by atoms with van der Waals surface area (Å²) in [6.45, 7) is 4.60. The van der Waals surface area contributed by atoms with Crippen LogP contribution in [0.15, 0.2) is 28.0 Å². The van der Waals surface area contributed by atoms with Crippen LogP contribution in [0.5, 0.6) is 0 Å². The lowest BCUT2D eigenvalue weighted by Crippen LogP contribution is -2.38. The van der Waals surface area contributed by atoms with E-state index >= 15 is 0 Å². The third-order valence-corrected chi connectivity index (χ3v) is 6.40. The lowest BCUT2D eigenvalue weighted by Gasteiger charge is -2.29. The van der Waals surface area contributed by atoms with Gasteiger partial charge in [-0.25, -0.2) is 22.3 Å². The van der Waals surface area contributed by atoms with Crippen molar-refractivity contribution in [3.63, 3.8) is 0 Å². The highest BCUT2D eigenvalue weighted by Gasteiger charge is 2.28. The number of hydrogen-bond donors (Lipinski definition) is 0. The monoisotopic (exact) mass is 382 g/mol. The smallest absolute Gasteiger partial charge is 0.350 e. The molecule has 142 valence electrons. The van der Waals surface area contributed by atoms with Gasteiger partial charge in [-0.1, -0.05) is 6.92 Å². The van der Waals surface area contributed by atoms with E-state index in [0.717, 1.165) is 21.9 Å². The van der Waals surface area contributed by atoms with Crippen molar-refractivity contribution in [2.45, 2.75) is 38.1 Å². The summed E-state index contributed by atoms with van der Waals surface area (Å²) in [6.07, 6.45) is 2.90. The minimum absolute atomic E-state index is 0.0392. The Hall–Kier alpha value is -2.20. The second-order valence-electron chi connectivity index (χ2n) is 6.42. The number of fused-ring (bicyclic) bond motifs is 1. The molecule has 2 aromatic rings. The summed E-state index contributed by atoms with van der Waals surface area (Å²) in [5, 5.41) is 4.04. The first kappa shape index (κ1) is 18.6. The van der Waals surface area contributed by atoms with E-state index in [2.05, 4.69) is 12.0 Å². The van der Waals surface area contributed by atoms with Gasteiger partial charge in [-0.2, -0.15) is 4.31 Å². The molecule has 1 fully saturated rings. The van der Waals surface area contributed by atoms with Crippen LogP contribution >= 0.6 is 0 Å². The van der Waals surface area contributed by atoms with Crippen molar-refractivity contribution < 1.29 is 17.9 Å². The van der Waals surface area contributed by atoms with E-state index in [1.807, 2.05) is 0 Å². The molecule has 1 aliphatic rings. The Morgan fingerprint density at radius 2 is 2.00 bits per heavy atom. The predicted molar refractivity (Wildman–Crippen MR) is 93.2 cm³/mol. The van der Waals surface area contributed by atoms with Gasteiger partial charge in [-0.15, -0.1) is 5.10 Å². The highest BCUT2D eigenvalue weighted by atomic mass is 32.2. The summed E-state index contributed by atoms with van der Waals surface area (Å²) < 4.78 is 34.0. The Balaban J connectivity index is 1.92. The number of ether oxygens (including phenoxy) is 1. The highest BCUT2D eigenvalue weighted by molar-refractivity contribution is 7.89. The van der Waals surface area contributed by atoms with Gasteiger partial charge in [0, 0.05) is 19.3 Å². The maximum absolute atomic E-state index is 12.8. The highest BCUT2D eigenvalue weighted by Crippen LogP contribution is 2.23. The van der Waals surface area contributed by atoms with Gasteiger partial charge >= 0.3 is 11.7 Å². The summed E-state index contributed by atoms with van der Waals surface area (Å²) in [7, 11) is -3.67. The molecule has 0 aromatic carbocycles. The number of aromatic nitrogens is 3. The number of nitrogens with zero attached hydrogens (tertiary/aromatic N) is 4. The summed E-state index contributed by atoms with van der Waals surface area (Å²) >= 11 is 0. The maximum atomic E-state index is 12.8. The maximum Gasteiger partial charge on any atom is 0.350 e. The van der Waals surface area contributed by atoms with Gasteiger partial charge < -0.3 is 4.74 Å². The fraction of sp³-hybridized carbons (Fsp3) is 0.562. The fourth-order valence-corrected chi connectivity index (χ4v) is 4.43. The average molecular weight is 382 g/mol. The molecular formula is C16H22N4O5S. The molecule has 1 aliphatic heterocycles. The van der Waals surface area contributed by atoms with Crippen LogP contribution in [-0.2, 0) is 26.1 Å². The van der Waals surface area contributed by atoms with Crippen LogP contribution in [0.1, 0.15) is 26.7 Å². The van der Waals surface area contributed by atoms with E-state index in [1.165, 1.54) is 22.6 Å². The standard InChI is InChI=1S/C16H22N4O5S/c1-3-25-15(21)11-20-16(22)19-10-13(4-5-14(19)17-20)26(23,24)18-8-6-12(2)7-9-18/h4-5,10,12H,3,6-9,11H2,1-2H3. The third-order valence-electron chi connectivity index (χ3n) is 4.51. The third kappa shape index (κ3) is 3.51. The van der Waals surface area contributed by atoms with E-state index in [0.29, 0.717) is 19.0 Å². The molecule has 0 saturated carbocycles. The zero-order valence-electron chi connectivity index (χ0n) is 14.8. The Labute approximate surface area is 151 Å². The second kappa shape index (κ2) is 7.20. The Kier molecular flexibility index (Phi) is 5.15. The number of sulfonamides is 1. The summed E-state index contributed by atoms with van der Waals surface area (Å²) in [6, 6.07) is 2.90. The molecule has 0 atom stereocenters. The minimum Gasteiger partial charge on any atom is -0.465 e. The molecule has 0 amide bonds. The number of rotatable bonds is 5. The summed E-state index contributed by atoms with van der Waals surface area (Å²) in [4.78, 5) is 24.0. The normalized spacial score (nSPS) is 16.8. The number of carbonyl (C=O) groups excluding carboxylic acids is 1. The van der Waals surface area contributed by atoms with Crippen LogP contribution in [0.2, 0.25) is 0 Å². The van der Waals surface area contributed by atoms with Gasteiger partial charge in [-0.3, -0.25) is 4.79 Å². The van der Waals surface area contributed by atoms with Crippen LogP contribution in [0, 0.1) is 5.92 Å². The van der Waals surface area contributed by atoms with Crippen LogP contribution in [-0.4, -0.2) is 52.6 Å². The molecule has 0 bridgehead atoms. The quantitative estimate of drug-likeness (QED) is 0.697. The van der Waals surface area contributed by atoms with Crippen LogP contribution in [0.25, 0.3) is 5.65 Å². The van der Waals surface area contributed by atoms with E-state index in [-0.39, 0.29) is 23.7 Å². The number of esters is 1. The average Bonchev–Trinajstić information content (AvgIpc) is 2.91. The molecular weight excluding hydrogens is 360 g/mol. The first-order valence-corrected chi connectivity index (χ1v) is 10.0. The van der Waals surface area contributed by atoms with Crippen molar-refractivity contribution in [1.82, 2.24) is 18.5 Å². The van der Waals surface area contributed by atoms with Gasteiger partial charge in [0.2, 0.25) is 10.0 Å². The minimum atomic E-state index is -3.67. The molecule has 9 nitrogen and oxygen atoms in total. The summed E-state index contributed by atoms with van der Waals surface area (Å²) in [5.74, 6) is -0.0686.